The van der Waals surface area contributed by atoms with E-state index in [0.29, 0.717) is 75.6 Å². The zero-order valence-electron chi connectivity index (χ0n) is 80.8. The lowest BCUT2D eigenvalue weighted by Gasteiger charge is -2.55. The average molecular weight is 2220 g/mol. The number of ether oxygens (including phenoxy) is 4. The smallest absolute Gasteiger partial charge is 0.417 e. The molecule has 4 saturated heterocycles. The monoisotopic (exact) mass is 2220 g/mol. The van der Waals surface area contributed by atoms with Crippen LogP contribution in [0.5, 0.6) is 11.5 Å². The van der Waals surface area contributed by atoms with Crippen molar-refractivity contribution in [3.63, 3.8) is 0 Å². The minimum absolute atomic E-state index is 0.0109. The number of nitrogens with zero attached hydrogens (tertiary/aromatic N) is 3. The van der Waals surface area contributed by atoms with Gasteiger partial charge in [-0.2, -0.15) is 0 Å². The second-order valence-corrected chi connectivity index (χ2v) is 42.0. The van der Waals surface area contributed by atoms with E-state index in [1.807, 2.05) is 67.6 Å². The summed E-state index contributed by atoms with van der Waals surface area (Å²) in [5, 5.41) is 18.4. The van der Waals surface area contributed by atoms with E-state index >= 15 is 0 Å². The second-order valence-electron chi connectivity index (χ2n) is 37.3. The maximum absolute atomic E-state index is 14.2. The van der Waals surface area contributed by atoms with Crippen molar-refractivity contribution < 1.29 is 88.8 Å². The maximum Gasteiger partial charge on any atom is 0.417 e. The quantitative estimate of drug-likeness (QED) is 0.0506. The highest BCUT2D eigenvalue weighted by Crippen LogP contribution is 2.57. The molecule has 13 aromatic rings. The number of ketones is 1. The predicted octanol–water partition coefficient (Wildman–Crippen LogP) is 30.7. The standard InChI is InChI=1S/C23H18Cl2FNO2.C22H16Cl2FNO2.C21H22Cl2FNO4.C21H20Cl2FNO3.C16H12Cl2FNO.C9H8ClFO/c1-23(15-5-12-19(25)20(26)13-15)21(14-3-6-16(24)7-4-14)27(22(23)28)17-8-10-18(29-2)11-9-17;1-28-17-9-7-16(8-10-17)26-21(13-2-5-15(23)6-3-13)20(22(26)27)14-4-11-18(24)19(25)12-14;1-20(2,3)29-19(28)25-17(12-5-8-14(22)9-6-12)21(4,18(26)27)13-7-10-15(23)16(24)11-13;1-20(2,3)28-19(27)25-17(12-5-8-14(22)9-6-12)21(4,18(25)26)13-7-10-15(23)16(24)11-13;1-16(10-4-7-12(18)13(19)8-10)14(20-15(16)21)9-2-5-11(17)6-3-9;1-6(12)4-7-2-3-8(10)9(11)5-7/h3-13,21H,1-2H3;2-12,20-21H,1H3;5-11,17H,1-4H3,(H,25,28)(H,26,27);5-11,17H,1-4H3;2-8,14H,1H3,(H,20,21);2-3,5H,4H2,1H3. The number of halogens is 17. The fourth-order valence-corrected chi connectivity index (χ4v) is 18.7. The van der Waals surface area contributed by atoms with Crippen molar-refractivity contribution in [3.05, 3.63) is 430 Å². The fourth-order valence-electron chi connectivity index (χ4n) is 17.3. The van der Waals surface area contributed by atoms with Crippen LogP contribution in [-0.2, 0) is 66.3 Å². The molecule has 0 bridgehead atoms. The van der Waals surface area contributed by atoms with Crippen LogP contribution in [0.4, 0.5) is 47.3 Å². The van der Waals surface area contributed by atoms with Gasteiger partial charge in [0.05, 0.1) is 96.7 Å². The highest BCUT2D eigenvalue weighted by atomic mass is 35.5. The van der Waals surface area contributed by atoms with E-state index in [2.05, 4.69) is 10.6 Å². The van der Waals surface area contributed by atoms with Gasteiger partial charge in [0.1, 0.15) is 68.8 Å². The van der Waals surface area contributed by atoms with Crippen LogP contribution in [0.3, 0.4) is 0 Å². The van der Waals surface area contributed by atoms with Gasteiger partial charge < -0.3 is 44.5 Å². The molecule has 18 nitrogen and oxygen atoms in total. The van der Waals surface area contributed by atoms with E-state index < -0.39 is 110 Å². The Balaban J connectivity index is 0.000000159. The van der Waals surface area contributed by atoms with Crippen LogP contribution < -0.4 is 29.9 Å². The first-order chi connectivity index (χ1) is 69.2. The number of β-lactam (4-membered cyclic amide) rings is 4. The number of carbonyl (C=O) groups is 8. The molecule has 6 amide bonds. The zero-order chi connectivity index (χ0) is 108. The summed E-state index contributed by atoms with van der Waals surface area (Å²) >= 11 is 64.3. The van der Waals surface area contributed by atoms with Crippen LogP contribution in [0.1, 0.15) is 173 Å². The van der Waals surface area contributed by atoms with Gasteiger partial charge in [0.15, 0.2) is 0 Å². The Morgan fingerprint density at radius 3 is 1.16 bits per heavy atom. The zero-order valence-corrected chi connectivity index (χ0v) is 89.2. The largest absolute Gasteiger partial charge is 0.497 e. The van der Waals surface area contributed by atoms with Gasteiger partial charge in [0, 0.05) is 42.9 Å². The number of methoxy groups -OCH3 is 2. The number of nitrogens with one attached hydrogen (secondary N) is 2. The number of likely N-dealkylation sites (tertiary alicyclic amines) is 1. The molecule has 35 heteroatoms. The Labute approximate surface area is 901 Å². The minimum atomic E-state index is -1.74. The van der Waals surface area contributed by atoms with Gasteiger partial charge >= 0.3 is 18.2 Å². The van der Waals surface area contributed by atoms with Crippen molar-refractivity contribution in [3.8, 4) is 11.5 Å². The Morgan fingerprint density at radius 2 is 0.769 bits per heavy atom. The number of anilines is 2. The van der Waals surface area contributed by atoms with E-state index in [-0.39, 0.29) is 83.8 Å². The first kappa shape index (κ1) is 114. The third-order valence-corrected chi connectivity index (χ3v) is 28.2. The highest BCUT2D eigenvalue weighted by molar-refractivity contribution is 6.34. The van der Waals surface area contributed by atoms with Crippen molar-refractivity contribution in [2.45, 2.75) is 152 Å². The maximum atomic E-state index is 14.2. The number of carboxylic acid groups (broad SMARTS) is 1. The van der Waals surface area contributed by atoms with Crippen molar-refractivity contribution >= 4 is 187 Å². The predicted molar refractivity (Wildman–Crippen MR) is 565 cm³/mol. The molecule has 0 aliphatic carbocycles. The molecular formula is C112H96Cl11F6N5O13. The summed E-state index contributed by atoms with van der Waals surface area (Å²) in [5.41, 5.74) is 2.16. The summed E-state index contributed by atoms with van der Waals surface area (Å²) in [6, 6.07) is 72.9. The number of benzene rings is 13. The summed E-state index contributed by atoms with van der Waals surface area (Å²) < 4.78 is 104. The van der Waals surface area contributed by atoms with Gasteiger partial charge in [-0.25, -0.2) is 40.8 Å². The van der Waals surface area contributed by atoms with E-state index in [1.54, 1.807) is 219 Å². The van der Waals surface area contributed by atoms with Crippen molar-refractivity contribution in [2.24, 2.45) is 0 Å². The van der Waals surface area contributed by atoms with Gasteiger partial charge in [-0.1, -0.05) is 225 Å². The molecule has 147 heavy (non-hydrogen) atoms. The molecule has 4 aliphatic rings. The number of alkyl carbamates (subject to hydrolysis) is 1. The summed E-state index contributed by atoms with van der Waals surface area (Å²) in [7, 11) is 3.18. The van der Waals surface area contributed by atoms with Gasteiger partial charge in [-0.15, -0.1) is 0 Å². The molecule has 3 N–H and O–H groups in total. The lowest BCUT2D eigenvalue weighted by Crippen LogP contribution is -2.66. The highest BCUT2D eigenvalue weighted by Gasteiger charge is 2.64. The molecule has 4 heterocycles. The van der Waals surface area contributed by atoms with Crippen LogP contribution in [0.2, 0.25) is 55.2 Å². The number of carbonyl (C=O) groups excluding carboxylic acids is 7. The number of rotatable bonds is 19. The molecule has 4 fully saturated rings. The Bertz CT molecular complexity index is 7090. The summed E-state index contributed by atoms with van der Waals surface area (Å²) in [6.07, 6.45) is -1.29. The Morgan fingerprint density at radius 1 is 0.408 bits per heavy atom. The number of aliphatic carboxylic acids is 1. The molecule has 17 rings (SSSR count). The minimum Gasteiger partial charge on any atom is -0.497 e. The average Bonchev–Trinajstić information content (AvgIpc) is 0.698. The summed E-state index contributed by atoms with van der Waals surface area (Å²) in [6.45, 7) is 18.4. The van der Waals surface area contributed by atoms with Crippen LogP contribution >= 0.6 is 128 Å². The van der Waals surface area contributed by atoms with E-state index in [1.165, 1.54) is 86.6 Å². The number of amides is 6. The van der Waals surface area contributed by atoms with Crippen LogP contribution in [-0.4, -0.2) is 83.0 Å². The van der Waals surface area contributed by atoms with Crippen molar-refractivity contribution in [1.82, 2.24) is 15.5 Å². The molecule has 4 aliphatic heterocycles. The van der Waals surface area contributed by atoms with E-state index in [9.17, 15) is 69.8 Å². The first-order valence-corrected chi connectivity index (χ1v) is 49.4. The number of Topliss-reactive ketones (excluding diaryl/α,β-unsaturated/α-hetero) is 1. The topological polar surface area (TPSA) is 227 Å². The van der Waals surface area contributed by atoms with E-state index in [0.717, 1.165) is 39.0 Å². The molecule has 0 aromatic heterocycles. The van der Waals surface area contributed by atoms with Crippen molar-refractivity contribution in [2.75, 3.05) is 24.0 Å². The number of hydrogen-bond acceptors (Lipinski definition) is 12. The second kappa shape index (κ2) is 47.2. The van der Waals surface area contributed by atoms with Crippen LogP contribution in [0.25, 0.3) is 0 Å². The summed E-state index contributed by atoms with van der Waals surface area (Å²) in [4.78, 5) is 104. The Kier molecular flexibility index (Phi) is 36.5. The fraction of sp³-hybridized carbons (Fsp3) is 0.232. The molecular weight excluding hydrogens is 2130 g/mol. The number of carboxylic acids is 1. The normalized spacial score (nSPS) is 19.1. The van der Waals surface area contributed by atoms with Gasteiger partial charge in [-0.3, -0.25) is 28.8 Å². The molecule has 0 radical (unpaired) electrons. The SMILES string of the molecule is CC(=O)Cc1ccc(Cl)c(F)c1.CC(C)(C)OC(=O)N1C(=O)C(C)(c2ccc(Cl)c(F)c2)C1c1ccc(Cl)cc1.CC(C)(C)OC(=O)NC(c1ccc(Cl)cc1)C(C)(C(=O)O)c1ccc(Cl)c(F)c1.CC1(c2ccc(Cl)c(F)c2)C(=O)NC1c1ccc(Cl)cc1.COc1ccc(N2C(=O)C(C)(c3ccc(Cl)c(F)c3)C2c2ccc(Cl)cc2)cc1.COc1ccc(N2C(=O)C(c3ccc(Cl)c(F)c3)C2c2ccc(Cl)cc2)cc1. The third-order valence-electron chi connectivity index (χ3n) is 25.1. The van der Waals surface area contributed by atoms with Gasteiger partial charge in [0.25, 0.3) is 0 Å². The molecule has 0 saturated carbocycles. The number of hydrogen-bond donors (Lipinski definition) is 3. The van der Waals surface area contributed by atoms with Gasteiger partial charge in [-0.05, 0) is 319 Å². The van der Waals surface area contributed by atoms with E-state index in [4.69, 9.17) is 147 Å². The van der Waals surface area contributed by atoms with Crippen molar-refractivity contribution in [1.29, 1.82) is 0 Å². The first-order valence-electron chi connectivity index (χ1n) is 45.2. The lowest BCUT2D eigenvalue weighted by molar-refractivity contribution is -0.157. The third kappa shape index (κ3) is 25.6. The van der Waals surface area contributed by atoms with Gasteiger partial charge in [0.2, 0.25) is 23.6 Å². The van der Waals surface area contributed by atoms with Crippen LogP contribution in [0.15, 0.2) is 279 Å². The molecule has 766 valence electrons. The van der Waals surface area contributed by atoms with Crippen LogP contribution in [0, 0.1) is 34.9 Å². The lowest BCUT2D eigenvalue weighted by atomic mass is 9.64. The summed E-state index contributed by atoms with van der Waals surface area (Å²) in [5.74, 6) is -4.65. The molecule has 10 unspecified atom stereocenters. The molecule has 13 aromatic carbocycles. The molecule has 0 spiro atoms. The molecule has 10 atom stereocenters. The number of imide groups is 1. The Hall–Kier alpha value is -12.0.